The molecule has 19 heavy (non-hydrogen) atoms. The third-order valence-corrected chi connectivity index (χ3v) is 4.37. The van der Waals surface area contributed by atoms with Crippen LogP contribution in [-0.4, -0.2) is 26.2 Å². The fourth-order valence-electron chi connectivity index (χ4n) is 2.53. The van der Waals surface area contributed by atoms with Crippen molar-refractivity contribution in [3.8, 4) is 0 Å². The molecule has 3 nitrogen and oxygen atoms in total. The molecular weight excluding hydrogens is 306 g/mol. The van der Waals surface area contributed by atoms with E-state index < -0.39 is 0 Å². The number of carbonyl (C=O) groups is 1. The lowest BCUT2D eigenvalue weighted by Gasteiger charge is -2.39. The van der Waals surface area contributed by atoms with Crippen molar-refractivity contribution in [1.29, 1.82) is 0 Å². The van der Waals surface area contributed by atoms with Gasteiger partial charge in [0.05, 0.1) is 12.5 Å². The largest absolute Gasteiger partial charge is 0.469 e. The molecule has 1 aromatic carbocycles. The molecule has 1 aliphatic rings. The number of hydrogen-bond acceptors (Lipinski definition) is 3. The summed E-state index contributed by atoms with van der Waals surface area (Å²) in [5, 5.41) is 3.40. The second-order valence-corrected chi connectivity index (χ2v) is 6.10. The van der Waals surface area contributed by atoms with Crippen molar-refractivity contribution in [2.45, 2.75) is 25.7 Å². The summed E-state index contributed by atoms with van der Waals surface area (Å²) in [6.45, 7) is 1.61. The number of hydrogen-bond donors (Lipinski definition) is 1. The molecule has 0 bridgehead atoms. The number of ether oxygens (including phenoxy) is 1. The molecule has 0 aliphatic heterocycles. The predicted molar refractivity (Wildman–Crippen MR) is 79.0 cm³/mol. The first-order valence-corrected chi connectivity index (χ1v) is 7.49. The summed E-state index contributed by atoms with van der Waals surface area (Å²) in [7, 11) is 1.48. The van der Waals surface area contributed by atoms with Crippen molar-refractivity contribution in [2.75, 3.05) is 20.2 Å². The lowest BCUT2D eigenvalue weighted by Crippen LogP contribution is -2.47. The molecule has 1 saturated carbocycles. The van der Waals surface area contributed by atoms with Gasteiger partial charge in [-0.25, -0.2) is 0 Å². The molecule has 0 amide bonds. The van der Waals surface area contributed by atoms with E-state index in [1.807, 2.05) is 12.1 Å². The van der Waals surface area contributed by atoms with Crippen LogP contribution >= 0.6 is 15.9 Å². The van der Waals surface area contributed by atoms with Crippen LogP contribution in [0.1, 0.15) is 24.8 Å². The molecule has 1 aromatic rings. The Bertz CT molecular complexity index is 444. The standard InChI is InChI=1S/C15H20BrNO2/c1-19-14(18)15(7-3-8-15)11-17-9-6-12-4-2-5-13(16)10-12/h2,4-5,10,17H,3,6-9,11H2,1H3. The number of esters is 1. The molecule has 1 N–H and O–H groups in total. The number of halogens is 1. The van der Waals surface area contributed by atoms with Crippen LogP contribution in [0.3, 0.4) is 0 Å². The zero-order valence-corrected chi connectivity index (χ0v) is 12.8. The number of benzene rings is 1. The highest BCUT2D eigenvalue weighted by molar-refractivity contribution is 9.10. The summed E-state index contributed by atoms with van der Waals surface area (Å²) in [6.07, 6.45) is 3.99. The zero-order chi connectivity index (χ0) is 13.7. The molecule has 2 rings (SSSR count). The Labute approximate surface area is 122 Å². The topological polar surface area (TPSA) is 38.3 Å². The Morgan fingerprint density at radius 2 is 2.26 bits per heavy atom. The Morgan fingerprint density at radius 1 is 1.47 bits per heavy atom. The monoisotopic (exact) mass is 325 g/mol. The highest BCUT2D eigenvalue weighted by atomic mass is 79.9. The van der Waals surface area contributed by atoms with Gasteiger partial charge >= 0.3 is 5.97 Å². The predicted octanol–water partition coefficient (Wildman–Crippen LogP) is 2.92. The van der Waals surface area contributed by atoms with Gasteiger partial charge in [0, 0.05) is 11.0 Å². The second-order valence-electron chi connectivity index (χ2n) is 5.18. The van der Waals surface area contributed by atoms with Crippen LogP contribution in [0.25, 0.3) is 0 Å². The quantitative estimate of drug-likeness (QED) is 0.645. The van der Waals surface area contributed by atoms with Crippen molar-refractivity contribution in [2.24, 2.45) is 5.41 Å². The van der Waals surface area contributed by atoms with Crippen molar-refractivity contribution in [3.63, 3.8) is 0 Å². The molecule has 0 aromatic heterocycles. The molecule has 0 atom stereocenters. The van der Waals surface area contributed by atoms with Gasteiger partial charge in [-0.3, -0.25) is 4.79 Å². The Hall–Kier alpha value is -0.870. The minimum atomic E-state index is -0.258. The van der Waals surface area contributed by atoms with E-state index >= 15 is 0 Å². The maximum atomic E-state index is 11.8. The van der Waals surface area contributed by atoms with Crippen molar-refractivity contribution < 1.29 is 9.53 Å². The maximum absolute atomic E-state index is 11.8. The summed E-state index contributed by atoms with van der Waals surface area (Å²) in [6, 6.07) is 8.31. The first-order chi connectivity index (χ1) is 9.16. The average Bonchev–Trinajstić information content (AvgIpc) is 2.36. The summed E-state index contributed by atoms with van der Waals surface area (Å²) in [4.78, 5) is 11.8. The minimum absolute atomic E-state index is 0.0614. The SMILES string of the molecule is COC(=O)C1(CNCCc2cccc(Br)c2)CCC1. The molecule has 4 heteroatoms. The summed E-state index contributed by atoms with van der Waals surface area (Å²) in [5.41, 5.74) is 1.04. The van der Waals surface area contributed by atoms with E-state index in [0.717, 1.165) is 43.2 Å². The normalized spacial score (nSPS) is 16.7. The smallest absolute Gasteiger partial charge is 0.313 e. The molecule has 0 saturated heterocycles. The molecule has 1 fully saturated rings. The average molecular weight is 326 g/mol. The third-order valence-electron chi connectivity index (χ3n) is 3.87. The number of carbonyl (C=O) groups excluding carboxylic acids is 1. The Morgan fingerprint density at radius 3 is 2.84 bits per heavy atom. The first-order valence-electron chi connectivity index (χ1n) is 6.70. The zero-order valence-electron chi connectivity index (χ0n) is 11.2. The lowest BCUT2D eigenvalue weighted by atomic mass is 9.68. The van der Waals surface area contributed by atoms with Gasteiger partial charge in [0.1, 0.15) is 0 Å². The van der Waals surface area contributed by atoms with Crippen LogP contribution in [0.2, 0.25) is 0 Å². The van der Waals surface area contributed by atoms with Gasteiger partial charge in [0.2, 0.25) is 0 Å². The first kappa shape index (κ1) is 14.5. The molecule has 1 aliphatic carbocycles. The van der Waals surface area contributed by atoms with Crippen molar-refractivity contribution in [3.05, 3.63) is 34.3 Å². The highest BCUT2D eigenvalue weighted by Gasteiger charge is 2.44. The van der Waals surface area contributed by atoms with Crippen LogP contribution in [0.5, 0.6) is 0 Å². The van der Waals surface area contributed by atoms with E-state index in [1.54, 1.807) is 0 Å². The lowest BCUT2D eigenvalue weighted by molar-refractivity contribution is -0.158. The summed E-state index contributed by atoms with van der Waals surface area (Å²) in [5.74, 6) is -0.0614. The van der Waals surface area contributed by atoms with Crippen LogP contribution in [0, 0.1) is 5.41 Å². The van der Waals surface area contributed by atoms with Gasteiger partial charge in [-0.15, -0.1) is 0 Å². The fourth-order valence-corrected chi connectivity index (χ4v) is 2.97. The summed E-state index contributed by atoms with van der Waals surface area (Å²) < 4.78 is 6.01. The molecule has 0 heterocycles. The van der Waals surface area contributed by atoms with Gasteiger partial charge in [0.25, 0.3) is 0 Å². The van der Waals surface area contributed by atoms with E-state index in [4.69, 9.17) is 4.74 Å². The second kappa shape index (κ2) is 6.53. The van der Waals surface area contributed by atoms with E-state index in [0.29, 0.717) is 0 Å². The fraction of sp³-hybridized carbons (Fsp3) is 0.533. The Kier molecular flexibility index (Phi) is 4.99. The van der Waals surface area contributed by atoms with Gasteiger partial charge in [-0.1, -0.05) is 34.5 Å². The summed E-state index contributed by atoms with van der Waals surface area (Å²) >= 11 is 3.47. The number of nitrogens with one attached hydrogen (secondary N) is 1. The van der Waals surface area contributed by atoms with E-state index in [2.05, 4.69) is 33.4 Å². The third kappa shape index (κ3) is 3.57. The minimum Gasteiger partial charge on any atom is -0.469 e. The van der Waals surface area contributed by atoms with Gasteiger partial charge in [0.15, 0.2) is 0 Å². The van der Waals surface area contributed by atoms with Gasteiger partial charge < -0.3 is 10.1 Å². The van der Waals surface area contributed by atoms with E-state index in [-0.39, 0.29) is 11.4 Å². The molecule has 104 valence electrons. The van der Waals surface area contributed by atoms with Gasteiger partial charge in [-0.2, -0.15) is 0 Å². The highest BCUT2D eigenvalue weighted by Crippen LogP contribution is 2.41. The van der Waals surface area contributed by atoms with E-state index in [9.17, 15) is 4.79 Å². The van der Waals surface area contributed by atoms with Crippen LogP contribution in [0.4, 0.5) is 0 Å². The Balaban J connectivity index is 1.76. The van der Waals surface area contributed by atoms with E-state index in [1.165, 1.54) is 12.7 Å². The molecular formula is C15H20BrNO2. The number of rotatable bonds is 6. The van der Waals surface area contributed by atoms with Crippen molar-refractivity contribution in [1.82, 2.24) is 5.32 Å². The van der Waals surface area contributed by atoms with Crippen LogP contribution in [-0.2, 0) is 16.0 Å². The molecule has 0 radical (unpaired) electrons. The van der Waals surface area contributed by atoms with Crippen LogP contribution < -0.4 is 5.32 Å². The van der Waals surface area contributed by atoms with Crippen LogP contribution in [0.15, 0.2) is 28.7 Å². The van der Waals surface area contributed by atoms with Crippen molar-refractivity contribution >= 4 is 21.9 Å². The molecule has 0 unspecified atom stereocenters. The number of methoxy groups -OCH3 is 1. The van der Waals surface area contributed by atoms with Gasteiger partial charge in [-0.05, 0) is 43.5 Å². The maximum Gasteiger partial charge on any atom is 0.313 e. The molecule has 0 spiro atoms.